The molecular formula is C20H13BrClNO3S. The number of halogens is 2. The van der Waals surface area contributed by atoms with Crippen LogP contribution in [0.15, 0.2) is 70.8 Å². The van der Waals surface area contributed by atoms with Crippen molar-refractivity contribution in [3.8, 4) is 10.4 Å². The van der Waals surface area contributed by atoms with E-state index < -0.39 is 11.9 Å². The molecule has 0 fully saturated rings. The number of benzene rings is 2. The van der Waals surface area contributed by atoms with Gasteiger partial charge < -0.3 is 10.4 Å². The fourth-order valence-corrected chi connectivity index (χ4v) is 4.04. The first-order valence-electron chi connectivity index (χ1n) is 7.80. The molecule has 2 aromatic carbocycles. The lowest BCUT2D eigenvalue weighted by atomic mass is 10.2. The van der Waals surface area contributed by atoms with E-state index in [-0.39, 0.29) is 5.70 Å². The molecule has 1 amide bonds. The molecule has 3 rings (SSSR count). The third kappa shape index (κ3) is 4.86. The number of amides is 1. The van der Waals surface area contributed by atoms with Gasteiger partial charge in [0.15, 0.2) is 0 Å². The minimum atomic E-state index is -1.22. The molecule has 0 spiro atoms. The summed E-state index contributed by atoms with van der Waals surface area (Å²) in [5, 5.41) is 12.5. The zero-order valence-corrected chi connectivity index (χ0v) is 16.9. The van der Waals surface area contributed by atoms with Gasteiger partial charge in [-0.25, -0.2) is 4.79 Å². The highest BCUT2D eigenvalue weighted by molar-refractivity contribution is 9.10. The molecule has 0 aliphatic rings. The molecule has 3 aromatic rings. The number of thiophene rings is 1. The van der Waals surface area contributed by atoms with Crippen molar-refractivity contribution in [2.75, 3.05) is 0 Å². The largest absolute Gasteiger partial charge is 0.477 e. The van der Waals surface area contributed by atoms with Gasteiger partial charge in [-0.15, -0.1) is 11.3 Å². The highest BCUT2D eigenvalue weighted by atomic mass is 79.9. The monoisotopic (exact) mass is 461 g/mol. The van der Waals surface area contributed by atoms with Crippen molar-refractivity contribution in [3.05, 3.63) is 86.3 Å². The Morgan fingerprint density at radius 2 is 1.85 bits per heavy atom. The van der Waals surface area contributed by atoms with Crippen molar-refractivity contribution in [3.63, 3.8) is 0 Å². The number of rotatable bonds is 5. The maximum absolute atomic E-state index is 12.3. The van der Waals surface area contributed by atoms with Crippen molar-refractivity contribution in [1.82, 2.24) is 5.32 Å². The van der Waals surface area contributed by atoms with Gasteiger partial charge in [0.1, 0.15) is 5.70 Å². The number of nitrogens with one attached hydrogen (secondary N) is 1. The number of carboxylic acids is 1. The molecule has 1 aromatic heterocycles. The van der Waals surface area contributed by atoms with Gasteiger partial charge in [0, 0.05) is 30.4 Å². The topological polar surface area (TPSA) is 66.4 Å². The summed E-state index contributed by atoms with van der Waals surface area (Å²) in [5.74, 6) is -1.71. The second-order valence-corrected chi connectivity index (χ2v) is 7.95. The van der Waals surface area contributed by atoms with E-state index in [2.05, 4.69) is 21.2 Å². The fourth-order valence-electron chi connectivity index (χ4n) is 2.35. The molecule has 0 bridgehead atoms. The second kappa shape index (κ2) is 8.52. The van der Waals surface area contributed by atoms with Gasteiger partial charge in [-0.2, -0.15) is 0 Å². The standard InChI is InChI=1S/C20H13BrClNO3S/c21-13-5-3-4-12(10-13)19(24)23-17(20(25)26)11-14-8-9-18(27-14)15-6-1-2-7-16(15)22/h1-11H,(H,23,24)(H,25,26)/b17-11-. The van der Waals surface area contributed by atoms with Gasteiger partial charge in [-0.1, -0.05) is 51.8 Å². The first kappa shape index (κ1) is 19.4. The van der Waals surface area contributed by atoms with Gasteiger partial charge >= 0.3 is 5.97 Å². The molecule has 0 aliphatic carbocycles. The lowest BCUT2D eigenvalue weighted by Gasteiger charge is -2.06. The van der Waals surface area contributed by atoms with Crippen LogP contribution in [-0.4, -0.2) is 17.0 Å². The molecule has 0 atom stereocenters. The zero-order chi connectivity index (χ0) is 19.4. The Bertz CT molecular complexity index is 1040. The van der Waals surface area contributed by atoms with Crippen LogP contribution in [0.4, 0.5) is 0 Å². The molecule has 0 saturated heterocycles. The smallest absolute Gasteiger partial charge is 0.352 e. The Morgan fingerprint density at radius 3 is 2.56 bits per heavy atom. The van der Waals surface area contributed by atoms with Crippen LogP contribution >= 0.6 is 38.9 Å². The minimum Gasteiger partial charge on any atom is -0.477 e. The summed E-state index contributed by atoms with van der Waals surface area (Å²) in [5.41, 5.74) is 1.03. The number of carbonyl (C=O) groups is 2. The van der Waals surface area contributed by atoms with Crippen molar-refractivity contribution in [2.24, 2.45) is 0 Å². The Balaban J connectivity index is 1.85. The van der Waals surface area contributed by atoms with Crippen LogP contribution in [0.1, 0.15) is 15.2 Å². The van der Waals surface area contributed by atoms with E-state index >= 15 is 0 Å². The number of carboxylic acid groups (broad SMARTS) is 1. The van der Waals surface area contributed by atoms with Crippen LogP contribution in [0.5, 0.6) is 0 Å². The van der Waals surface area contributed by atoms with Gasteiger partial charge in [0.25, 0.3) is 5.91 Å². The second-order valence-electron chi connectivity index (χ2n) is 5.51. The summed E-state index contributed by atoms with van der Waals surface area (Å²) in [4.78, 5) is 25.5. The maximum Gasteiger partial charge on any atom is 0.352 e. The van der Waals surface area contributed by atoms with Gasteiger partial charge in [0.05, 0.1) is 0 Å². The third-order valence-corrected chi connectivity index (χ3v) is 5.51. The van der Waals surface area contributed by atoms with E-state index in [9.17, 15) is 14.7 Å². The molecule has 0 aliphatic heterocycles. The minimum absolute atomic E-state index is 0.201. The zero-order valence-electron chi connectivity index (χ0n) is 13.8. The first-order valence-corrected chi connectivity index (χ1v) is 9.79. The molecule has 2 N–H and O–H groups in total. The van der Waals surface area contributed by atoms with Crippen LogP contribution in [0.2, 0.25) is 5.02 Å². The van der Waals surface area contributed by atoms with Gasteiger partial charge in [-0.3, -0.25) is 4.79 Å². The summed E-state index contributed by atoms with van der Waals surface area (Å²) >= 11 is 10.9. The molecule has 4 nitrogen and oxygen atoms in total. The van der Waals surface area contributed by atoms with Crippen LogP contribution in [0, 0.1) is 0 Å². The Kier molecular flexibility index (Phi) is 6.11. The molecular weight excluding hydrogens is 450 g/mol. The number of aliphatic carboxylic acids is 1. The molecule has 136 valence electrons. The van der Waals surface area contributed by atoms with Crippen LogP contribution < -0.4 is 5.32 Å². The average molecular weight is 463 g/mol. The molecule has 0 unspecified atom stereocenters. The van der Waals surface area contributed by atoms with Crippen LogP contribution in [0.25, 0.3) is 16.5 Å². The number of carbonyl (C=O) groups excluding carboxylic acids is 1. The SMILES string of the molecule is O=C(O)/C(=C/c1ccc(-c2ccccc2Cl)s1)NC(=O)c1cccc(Br)c1. The van der Waals surface area contributed by atoms with Gasteiger partial charge in [-0.05, 0) is 42.5 Å². The van der Waals surface area contributed by atoms with Crippen LogP contribution in [-0.2, 0) is 4.79 Å². The summed E-state index contributed by atoms with van der Waals surface area (Å²) in [6, 6.07) is 17.8. The highest BCUT2D eigenvalue weighted by Crippen LogP contribution is 2.33. The van der Waals surface area contributed by atoms with Gasteiger partial charge in [0.2, 0.25) is 0 Å². The Hall–Kier alpha value is -2.41. The van der Waals surface area contributed by atoms with E-state index in [4.69, 9.17) is 11.6 Å². The lowest BCUT2D eigenvalue weighted by molar-refractivity contribution is -0.132. The Morgan fingerprint density at radius 1 is 1.07 bits per heavy atom. The van der Waals surface area contributed by atoms with Crippen molar-refractivity contribution >= 4 is 56.8 Å². The molecule has 0 radical (unpaired) electrons. The fraction of sp³-hybridized carbons (Fsp3) is 0. The quantitative estimate of drug-likeness (QED) is 0.479. The average Bonchev–Trinajstić information content (AvgIpc) is 3.09. The van der Waals surface area contributed by atoms with Crippen molar-refractivity contribution in [1.29, 1.82) is 0 Å². The van der Waals surface area contributed by atoms with Crippen molar-refractivity contribution in [2.45, 2.75) is 0 Å². The van der Waals surface area contributed by atoms with E-state index in [1.807, 2.05) is 24.3 Å². The predicted molar refractivity (Wildman–Crippen MR) is 112 cm³/mol. The number of hydrogen-bond acceptors (Lipinski definition) is 3. The summed E-state index contributed by atoms with van der Waals surface area (Å²) in [6.07, 6.45) is 1.43. The normalized spacial score (nSPS) is 11.3. The number of hydrogen-bond donors (Lipinski definition) is 2. The van der Waals surface area contributed by atoms with E-state index in [1.165, 1.54) is 17.4 Å². The predicted octanol–water partition coefficient (Wildman–Crippen LogP) is 5.69. The van der Waals surface area contributed by atoms with Crippen molar-refractivity contribution < 1.29 is 14.7 Å². The first-order chi connectivity index (χ1) is 12.9. The molecule has 27 heavy (non-hydrogen) atoms. The summed E-state index contributed by atoms with van der Waals surface area (Å²) in [6.45, 7) is 0. The molecule has 0 saturated carbocycles. The molecule has 1 heterocycles. The van der Waals surface area contributed by atoms with E-state index in [0.29, 0.717) is 15.5 Å². The van der Waals surface area contributed by atoms with E-state index in [1.54, 1.807) is 36.4 Å². The van der Waals surface area contributed by atoms with E-state index in [0.717, 1.165) is 14.9 Å². The summed E-state index contributed by atoms with van der Waals surface area (Å²) < 4.78 is 0.735. The third-order valence-electron chi connectivity index (χ3n) is 3.62. The summed E-state index contributed by atoms with van der Waals surface area (Å²) in [7, 11) is 0. The van der Waals surface area contributed by atoms with Crippen LogP contribution in [0.3, 0.4) is 0 Å². The maximum atomic E-state index is 12.3. The highest BCUT2D eigenvalue weighted by Gasteiger charge is 2.14. The Labute approximate surface area is 173 Å². The lowest BCUT2D eigenvalue weighted by Crippen LogP contribution is -2.27. The molecule has 7 heteroatoms.